The quantitative estimate of drug-likeness (QED) is 0.594. The van der Waals surface area contributed by atoms with Crippen LogP contribution in [0.15, 0.2) is 52.2 Å². The van der Waals surface area contributed by atoms with Crippen molar-refractivity contribution in [1.29, 1.82) is 0 Å². The maximum atomic E-state index is 12.4. The van der Waals surface area contributed by atoms with E-state index in [1.807, 2.05) is 54.2 Å². The minimum Gasteiger partial charge on any atom is -0.494 e. The lowest BCUT2D eigenvalue weighted by atomic mass is 10.1. The van der Waals surface area contributed by atoms with Crippen molar-refractivity contribution in [3.63, 3.8) is 0 Å². The Labute approximate surface area is 150 Å². The zero-order valence-corrected chi connectivity index (χ0v) is 14.8. The second-order valence-electron chi connectivity index (χ2n) is 5.89. The molecule has 0 bridgehead atoms. The topological polar surface area (TPSA) is 54.6 Å². The van der Waals surface area contributed by atoms with E-state index in [9.17, 15) is 9.90 Å². The van der Waals surface area contributed by atoms with Crippen molar-refractivity contribution in [2.75, 3.05) is 0 Å². The highest BCUT2D eigenvalue weighted by atomic mass is 32.1. The first-order valence-corrected chi connectivity index (χ1v) is 9.47. The summed E-state index contributed by atoms with van der Waals surface area (Å²) >= 11 is 3.11. The number of hydrogen-bond donors (Lipinski definition) is 1. The van der Waals surface area contributed by atoms with Crippen molar-refractivity contribution in [3.8, 4) is 16.3 Å². The van der Waals surface area contributed by atoms with Crippen LogP contribution in [0.5, 0.6) is 5.88 Å². The second kappa shape index (κ2) is 5.15. The summed E-state index contributed by atoms with van der Waals surface area (Å²) in [5, 5.41) is 17.0. The Morgan fingerprint density at radius 3 is 2.48 bits per heavy atom. The minimum absolute atomic E-state index is 0.199. The Kier molecular flexibility index (Phi) is 3.01. The molecule has 5 rings (SSSR count). The lowest BCUT2D eigenvalue weighted by molar-refractivity contribution is -0.112. The summed E-state index contributed by atoms with van der Waals surface area (Å²) in [6.07, 6.45) is 0. The zero-order chi connectivity index (χ0) is 17.1. The van der Waals surface area contributed by atoms with Crippen LogP contribution in [0.1, 0.15) is 4.88 Å². The van der Waals surface area contributed by atoms with Gasteiger partial charge in [0.2, 0.25) is 5.88 Å². The molecule has 0 saturated heterocycles. The van der Waals surface area contributed by atoms with Crippen LogP contribution in [-0.2, 0) is 11.8 Å². The van der Waals surface area contributed by atoms with E-state index >= 15 is 0 Å². The number of amides is 1. The van der Waals surface area contributed by atoms with E-state index < -0.39 is 0 Å². The number of thiophene rings is 2. The summed E-state index contributed by atoms with van der Waals surface area (Å²) in [5.41, 5.74) is 2.33. The van der Waals surface area contributed by atoms with Gasteiger partial charge in [-0.1, -0.05) is 12.1 Å². The number of carbonyl (C=O) groups is 1. The molecule has 1 aliphatic rings. The molecule has 4 nitrogen and oxygen atoms in total. The van der Waals surface area contributed by atoms with Gasteiger partial charge < -0.3 is 9.67 Å². The standard InChI is InChI=1S/C19H12N2O2S2/c1-21-13-9-10-12(20-18(22)16(10)14-4-2-6-24-14)8-11(13)17(19(21)23)15-5-3-7-25-15/h2-9,23H,1H3. The minimum atomic E-state index is -0.199. The summed E-state index contributed by atoms with van der Waals surface area (Å²) in [7, 11) is 1.83. The molecule has 3 aromatic heterocycles. The summed E-state index contributed by atoms with van der Waals surface area (Å²) in [5.74, 6) is 0.0276. The van der Waals surface area contributed by atoms with E-state index in [2.05, 4.69) is 4.99 Å². The fourth-order valence-corrected chi connectivity index (χ4v) is 4.91. The van der Waals surface area contributed by atoms with Gasteiger partial charge in [-0.15, -0.1) is 22.7 Å². The lowest BCUT2D eigenvalue weighted by Gasteiger charge is -1.98. The maximum absolute atomic E-state index is 12.4. The fraction of sp³-hybridized carbons (Fsp3) is 0.0526. The highest BCUT2D eigenvalue weighted by Crippen LogP contribution is 2.40. The highest BCUT2D eigenvalue weighted by molar-refractivity contribution is 7.13. The molecule has 4 aromatic rings. The number of aromatic hydroxyl groups is 1. The van der Waals surface area contributed by atoms with Gasteiger partial charge in [0.15, 0.2) is 0 Å². The molecule has 1 N–H and O–H groups in total. The van der Waals surface area contributed by atoms with Gasteiger partial charge in [0.1, 0.15) is 0 Å². The zero-order valence-electron chi connectivity index (χ0n) is 13.2. The molecule has 25 heavy (non-hydrogen) atoms. The molecule has 1 amide bonds. The van der Waals surface area contributed by atoms with Gasteiger partial charge in [0, 0.05) is 27.4 Å². The number of rotatable bonds is 2. The molecular weight excluding hydrogens is 352 g/mol. The number of carbonyl (C=O) groups excluding carboxylic acids is 1. The van der Waals surface area contributed by atoms with Crippen LogP contribution in [0.25, 0.3) is 26.9 Å². The molecule has 0 unspecified atom stereocenters. The Morgan fingerprint density at radius 1 is 1.08 bits per heavy atom. The van der Waals surface area contributed by atoms with Crippen LogP contribution in [-0.4, -0.2) is 15.6 Å². The summed E-state index contributed by atoms with van der Waals surface area (Å²) in [6, 6.07) is 11.7. The molecule has 0 saturated carbocycles. The third-order valence-corrected chi connectivity index (χ3v) is 6.30. The lowest BCUT2D eigenvalue weighted by Crippen LogP contribution is -2.23. The highest BCUT2D eigenvalue weighted by Gasteiger charge is 2.23. The van der Waals surface area contributed by atoms with Crippen molar-refractivity contribution in [1.82, 2.24) is 4.57 Å². The summed E-state index contributed by atoms with van der Waals surface area (Å²) in [4.78, 5) is 18.6. The first-order valence-electron chi connectivity index (χ1n) is 7.71. The number of benzene rings is 1. The predicted octanol–water partition coefficient (Wildman–Crippen LogP) is 3.03. The first-order chi connectivity index (χ1) is 12.1. The number of hydrogen-bond acceptors (Lipinski definition) is 4. The van der Waals surface area contributed by atoms with Crippen molar-refractivity contribution in [2.24, 2.45) is 12.0 Å². The third kappa shape index (κ3) is 1.98. The third-order valence-electron chi connectivity index (χ3n) is 4.53. The Balaban J connectivity index is 1.93. The molecule has 0 atom stereocenters. The van der Waals surface area contributed by atoms with Gasteiger partial charge >= 0.3 is 0 Å². The molecule has 6 heteroatoms. The van der Waals surface area contributed by atoms with Crippen molar-refractivity contribution >= 4 is 45.1 Å². The molecule has 0 spiro atoms. The summed E-state index contributed by atoms with van der Waals surface area (Å²) in [6.45, 7) is 0. The molecule has 1 aliphatic heterocycles. The smallest absolute Gasteiger partial charge is 0.279 e. The average molecular weight is 364 g/mol. The van der Waals surface area contributed by atoms with E-state index in [1.165, 1.54) is 11.3 Å². The SMILES string of the molecule is Cn1c(O)c(-c2cccs2)c2cc3c(cc21)=C(c1cccs1)C(=O)N=3. The van der Waals surface area contributed by atoms with Crippen LogP contribution in [0.4, 0.5) is 0 Å². The number of aryl methyl sites for hydroxylation is 1. The van der Waals surface area contributed by atoms with E-state index in [0.717, 1.165) is 31.4 Å². The van der Waals surface area contributed by atoms with Crippen LogP contribution in [0, 0.1) is 0 Å². The van der Waals surface area contributed by atoms with E-state index in [1.54, 1.807) is 15.9 Å². The molecule has 0 radical (unpaired) electrons. The molecule has 0 fully saturated rings. The van der Waals surface area contributed by atoms with Crippen molar-refractivity contribution < 1.29 is 9.90 Å². The number of fused-ring (bicyclic) bond motifs is 2. The summed E-state index contributed by atoms with van der Waals surface area (Å²) < 4.78 is 1.76. The van der Waals surface area contributed by atoms with E-state index in [-0.39, 0.29) is 11.8 Å². The van der Waals surface area contributed by atoms with Gasteiger partial charge in [-0.25, -0.2) is 4.99 Å². The Bertz CT molecular complexity index is 1260. The van der Waals surface area contributed by atoms with Crippen LogP contribution >= 0.6 is 22.7 Å². The van der Waals surface area contributed by atoms with Gasteiger partial charge in [0.05, 0.1) is 22.0 Å². The molecule has 1 aromatic carbocycles. The molecule has 4 heterocycles. The molecular formula is C19H12N2O2S2. The normalized spacial score (nSPS) is 13.5. The first kappa shape index (κ1) is 14.6. The molecule has 0 aliphatic carbocycles. The van der Waals surface area contributed by atoms with Crippen LogP contribution < -0.4 is 10.6 Å². The number of aromatic nitrogens is 1. The van der Waals surface area contributed by atoms with Crippen molar-refractivity contribution in [3.05, 3.63) is 62.6 Å². The van der Waals surface area contributed by atoms with Crippen LogP contribution in [0.3, 0.4) is 0 Å². The van der Waals surface area contributed by atoms with Crippen molar-refractivity contribution in [2.45, 2.75) is 0 Å². The van der Waals surface area contributed by atoms with Gasteiger partial charge in [-0.05, 0) is 35.0 Å². The average Bonchev–Trinajstić information content (AvgIpc) is 3.35. The monoisotopic (exact) mass is 364 g/mol. The maximum Gasteiger partial charge on any atom is 0.279 e. The Morgan fingerprint density at radius 2 is 1.80 bits per heavy atom. The van der Waals surface area contributed by atoms with E-state index in [4.69, 9.17) is 0 Å². The van der Waals surface area contributed by atoms with E-state index in [0.29, 0.717) is 10.9 Å². The predicted molar refractivity (Wildman–Crippen MR) is 101 cm³/mol. The number of nitrogens with zero attached hydrogens (tertiary/aromatic N) is 2. The van der Waals surface area contributed by atoms with Crippen LogP contribution in [0.2, 0.25) is 0 Å². The van der Waals surface area contributed by atoms with Gasteiger partial charge in [-0.3, -0.25) is 4.79 Å². The Hall–Kier alpha value is -2.70. The van der Waals surface area contributed by atoms with Gasteiger partial charge in [-0.2, -0.15) is 0 Å². The molecule has 122 valence electrons. The fourth-order valence-electron chi connectivity index (χ4n) is 3.35. The van der Waals surface area contributed by atoms with Gasteiger partial charge in [0.25, 0.3) is 5.91 Å². The largest absolute Gasteiger partial charge is 0.494 e. The second-order valence-corrected chi connectivity index (χ2v) is 7.79.